The lowest BCUT2D eigenvalue weighted by Crippen LogP contribution is -2.38. The molecule has 0 spiro atoms. The third-order valence-electron chi connectivity index (χ3n) is 3.46. The normalized spacial score (nSPS) is 13.0. The Morgan fingerprint density at radius 1 is 1.38 bits per heavy atom. The number of amides is 1. The summed E-state index contributed by atoms with van der Waals surface area (Å²) in [7, 11) is 1.52. The van der Waals surface area contributed by atoms with Gasteiger partial charge in [-0.25, -0.2) is 8.42 Å². The van der Waals surface area contributed by atoms with E-state index in [0.29, 0.717) is 22.1 Å². The van der Waals surface area contributed by atoms with E-state index in [1.807, 2.05) is 20.8 Å². The SMILES string of the molecule is CCC(C)N(CC)C(=O)c1cc(C)c(Br)c(S(=O)(=O)Cl)c1. The molecule has 1 aromatic carbocycles. The van der Waals surface area contributed by atoms with Crippen molar-refractivity contribution in [1.29, 1.82) is 0 Å². The molecule has 0 N–H and O–H groups in total. The van der Waals surface area contributed by atoms with E-state index in [1.165, 1.54) is 6.07 Å². The molecule has 0 fully saturated rings. The summed E-state index contributed by atoms with van der Waals surface area (Å²) in [5, 5.41) is 0. The van der Waals surface area contributed by atoms with Crippen molar-refractivity contribution in [3.63, 3.8) is 0 Å². The summed E-state index contributed by atoms with van der Waals surface area (Å²) in [6.07, 6.45) is 0.829. The van der Waals surface area contributed by atoms with Crippen LogP contribution in [0, 0.1) is 6.92 Å². The molecule has 1 rings (SSSR count). The Labute approximate surface area is 139 Å². The molecule has 1 aromatic rings. The van der Waals surface area contributed by atoms with Crippen molar-refractivity contribution in [1.82, 2.24) is 4.90 Å². The quantitative estimate of drug-likeness (QED) is 0.708. The molecule has 0 aliphatic rings. The number of hydrogen-bond donors (Lipinski definition) is 0. The number of aryl methyl sites for hydroxylation is 1. The van der Waals surface area contributed by atoms with Crippen molar-refractivity contribution in [3.8, 4) is 0 Å². The number of benzene rings is 1. The predicted octanol–water partition coefficient (Wildman–Crippen LogP) is 3.95. The van der Waals surface area contributed by atoms with Crippen molar-refractivity contribution in [2.45, 2.75) is 45.1 Å². The van der Waals surface area contributed by atoms with Gasteiger partial charge < -0.3 is 4.90 Å². The summed E-state index contributed by atoms with van der Waals surface area (Å²) in [6.45, 7) is 8.15. The van der Waals surface area contributed by atoms with Crippen LogP contribution in [0.5, 0.6) is 0 Å². The summed E-state index contributed by atoms with van der Waals surface area (Å²) >= 11 is 3.21. The smallest absolute Gasteiger partial charge is 0.262 e. The largest absolute Gasteiger partial charge is 0.336 e. The zero-order chi connectivity index (χ0) is 16.4. The van der Waals surface area contributed by atoms with Crippen LogP contribution in [0.15, 0.2) is 21.5 Å². The van der Waals surface area contributed by atoms with E-state index in [0.717, 1.165) is 6.42 Å². The van der Waals surface area contributed by atoms with Crippen molar-refractivity contribution in [2.24, 2.45) is 0 Å². The molecule has 1 unspecified atom stereocenters. The fourth-order valence-corrected chi connectivity index (χ4v) is 4.24. The van der Waals surface area contributed by atoms with Gasteiger partial charge in [0.2, 0.25) is 0 Å². The maximum absolute atomic E-state index is 12.6. The lowest BCUT2D eigenvalue weighted by molar-refractivity contribution is 0.0699. The van der Waals surface area contributed by atoms with Gasteiger partial charge in [-0.1, -0.05) is 6.92 Å². The zero-order valence-electron chi connectivity index (χ0n) is 12.5. The first-order valence-electron chi connectivity index (χ1n) is 6.69. The molecule has 21 heavy (non-hydrogen) atoms. The van der Waals surface area contributed by atoms with Crippen molar-refractivity contribution < 1.29 is 13.2 Å². The van der Waals surface area contributed by atoms with Gasteiger partial charge in [0.15, 0.2) is 0 Å². The average molecular weight is 397 g/mol. The Kier molecular flexibility index (Phi) is 6.25. The van der Waals surface area contributed by atoms with Gasteiger partial charge in [-0.3, -0.25) is 4.79 Å². The Bertz CT molecular complexity index is 646. The van der Waals surface area contributed by atoms with Crippen molar-refractivity contribution in [2.75, 3.05) is 6.54 Å². The minimum atomic E-state index is -3.92. The topological polar surface area (TPSA) is 54.5 Å². The molecule has 1 atom stereocenters. The molecular weight excluding hydrogens is 378 g/mol. The van der Waals surface area contributed by atoms with Gasteiger partial charge >= 0.3 is 0 Å². The molecule has 1 amide bonds. The summed E-state index contributed by atoms with van der Waals surface area (Å²) < 4.78 is 23.6. The highest BCUT2D eigenvalue weighted by Gasteiger charge is 2.23. The molecule has 0 aromatic heterocycles. The third-order valence-corrected chi connectivity index (χ3v) is 6.12. The molecule has 0 saturated carbocycles. The molecule has 0 bridgehead atoms. The van der Waals surface area contributed by atoms with Crippen LogP contribution in [-0.2, 0) is 9.05 Å². The fraction of sp³-hybridized carbons (Fsp3) is 0.500. The minimum absolute atomic E-state index is 0.0762. The Hall–Kier alpha value is -0.590. The van der Waals surface area contributed by atoms with Gasteiger partial charge in [0.05, 0.1) is 4.90 Å². The molecular formula is C14H19BrClNO3S. The van der Waals surface area contributed by atoms with E-state index in [9.17, 15) is 13.2 Å². The monoisotopic (exact) mass is 395 g/mol. The lowest BCUT2D eigenvalue weighted by Gasteiger charge is -2.27. The average Bonchev–Trinajstić information content (AvgIpc) is 2.40. The molecule has 118 valence electrons. The predicted molar refractivity (Wildman–Crippen MR) is 88.4 cm³/mol. The van der Waals surface area contributed by atoms with Crippen molar-refractivity contribution >= 4 is 41.6 Å². The van der Waals surface area contributed by atoms with Crippen LogP contribution in [-0.4, -0.2) is 31.8 Å². The molecule has 7 heteroatoms. The van der Waals surface area contributed by atoms with E-state index >= 15 is 0 Å². The van der Waals surface area contributed by atoms with Crippen LogP contribution in [0.25, 0.3) is 0 Å². The number of nitrogens with zero attached hydrogens (tertiary/aromatic N) is 1. The minimum Gasteiger partial charge on any atom is -0.336 e. The first-order chi connectivity index (χ1) is 9.63. The number of hydrogen-bond acceptors (Lipinski definition) is 3. The summed E-state index contributed by atoms with van der Waals surface area (Å²) in [5.41, 5.74) is 0.984. The summed E-state index contributed by atoms with van der Waals surface area (Å²) in [4.78, 5) is 14.2. The molecule has 0 radical (unpaired) electrons. The lowest BCUT2D eigenvalue weighted by atomic mass is 10.1. The van der Waals surface area contributed by atoms with Crippen LogP contribution in [0.1, 0.15) is 43.1 Å². The van der Waals surface area contributed by atoms with Crippen LogP contribution >= 0.6 is 26.6 Å². The Morgan fingerprint density at radius 2 is 1.95 bits per heavy atom. The third kappa shape index (κ3) is 4.20. The van der Waals surface area contributed by atoms with Gasteiger partial charge in [0, 0.05) is 33.3 Å². The molecule has 0 saturated heterocycles. The summed E-state index contributed by atoms with van der Waals surface area (Å²) in [6, 6.07) is 3.08. The Balaban J connectivity index is 3.38. The van der Waals surface area contributed by atoms with E-state index in [1.54, 1.807) is 17.9 Å². The highest BCUT2D eigenvalue weighted by atomic mass is 79.9. The van der Waals surface area contributed by atoms with Gasteiger partial charge in [-0.2, -0.15) is 0 Å². The Morgan fingerprint density at radius 3 is 2.38 bits per heavy atom. The van der Waals surface area contributed by atoms with Gasteiger partial charge in [0.25, 0.3) is 15.0 Å². The second-order valence-corrected chi connectivity index (χ2v) is 8.22. The van der Waals surface area contributed by atoms with Crippen molar-refractivity contribution in [3.05, 3.63) is 27.7 Å². The number of rotatable bonds is 5. The zero-order valence-corrected chi connectivity index (χ0v) is 15.6. The first-order valence-corrected chi connectivity index (χ1v) is 9.79. The van der Waals surface area contributed by atoms with E-state index < -0.39 is 9.05 Å². The molecule has 0 heterocycles. The number of carbonyl (C=O) groups excluding carboxylic acids is 1. The molecule has 0 aliphatic carbocycles. The van der Waals surface area contributed by atoms with E-state index in [4.69, 9.17) is 10.7 Å². The highest BCUT2D eigenvalue weighted by Crippen LogP contribution is 2.30. The standard InChI is InChI=1S/C14H19BrClNO3S/c1-5-10(4)17(6-2)14(18)11-7-9(3)13(15)12(8-11)21(16,19)20/h7-8,10H,5-6H2,1-4H3. The van der Waals surface area contributed by atoms with Crippen LogP contribution in [0.4, 0.5) is 0 Å². The maximum atomic E-state index is 12.6. The highest BCUT2D eigenvalue weighted by molar-refractivity contribution is 9.10. The fourth-order valence-electron chi connectivity index (χ4n) is 2.08. The second kappa shape index (κ2) is 7.11. The number of carbonyl (C=O) groups is 1. The van der Waals surface area contributed by atoms with E-state index in [2.05, 4.69) is 15.9 Å². The van der Waals surface area contributed by atoms with Crippen LogP contribution < -0.4 is 0 Å². The first kappa shape index (κ1) is 18.5. The van der Waals surface area contributed by atoms with Crippen LogP contribution in [0.3, 0.4) is 0 Å². The summed E-state index contributed by atoms with van der Waals surface area (Å²) in [5.74, 6) is -0.191. The van der Waals surface area contributed by atoms with Gasteiger partial charge in [0.1, 0.15) is 0 Å². The van der Waals surface area contributed by atoms with Gasteiger partial charge in [-0.05, 0) is 60.8 Å². The number of halogens is 2. The van der Waals surface area contributed by atoms with Gasteiger partial charge in [-0.15, -0.1) is 0 Å². The van der Waals surface area contributed by atoms with E-state index in [-0.39, 0.29) is 16.8 Å². The second-order valence-electron chi connectivity index (χ2n) is 4.89. The maximum Gasteiger partial charge on any atom is 0.262 e. The molecule has 0 aliphatic heterocycles. The van der Waals surface area contributed by atoms with Crippen LogP contribution in [0.2, 0.25) is 0 Å². The molecule has 4 nitrogen and oxygen atoms in total.